The van der Waals surface area contributed by atoms with Crippen molar-refractivity contribution < 1.29 is 28.2 Å². The third-order valence-corrected chi connectivity index (χ3v) is 8.06. The minimum Gasteiger partial charge on any atom is -0.493 e. The van der Waals surface area contributed by atoms with Crippen LogP contribution in [0.25, 0.3) is 0 Å². The Morgan fingerprint density at radius 2 is 1.89 bits per heavy atom. The van der Waals surface area contributed by atoms with Crippen molar-refractivity contribution in [3.05, 3.63) is 23.5 Å². The molecule has 0 unspecified atom stereocenters. The van der Waals surface area contributed by atoms with Gasteiger partial charge in [0, 0.05) is 57.3 Å². The fourth-order valence-electron chi connectivity index (χ4n) is 5.72. The summed E-state index contributed by atoms with van der Waals surface area (Å²) in [6.45, 7) is 3.89. The van der Waals surface area contributed by atoms with Crippen LogP contribution in [0.15, 0.2) is 12.1 Å². The Labute approximate surface area is 225 Å². The summed E-state index contributed by atoms with van der Waals surface area (Å²) in [5, 5.41) is 6.33. The van der Waals surface area contributed by atoms with Crippen molar-refractivity contribution in [3.63, 3.8) is 0 Å². The highest BCUT2D eigenvalue weighted by Crippen LogP contribution is 2.38. The Bertz CT molecular complexity index is 985. The quantitative estimate of drug-likeness (QED) is 0.317. The van der Waals surface area contributed by atoms with Gasteiger partial charge < -0.3 is 29.8 Å². The molecular weight excluding hydrogens is 489 g/mol. The van der Waals surface area contributed by atoms with Gasteiger partial charge in [0.05, 0.1) is 24.1 Å². The monoisotopic (exact) mass is 531 g/mol. The zero-order valence-corrected chi connectivity index (χ0v) is 22.7. The first-order valence-electron chi connectivity index (χ1n) is 14.2. The SMILES string of the molecule is CCc1cc(F)c(N(C(=O)[C@H]2CNC[C@@H](C(=O)N[C@@H]3CCCC[C@H]3C=O)C2)C2CC2)cc1OCCCOC. The summed E-state index contributed by atoms with van der Waals surface area (Å²) in [6.07, 6.45) is 7.93. The average molecular weight is 532 g/mol. The minimum atomic E-state index is -0.440. The van der Waals surface area contributed by atoms with Gasteiger partial charge in [-0.1, -0.05) is 19.8 Å². The molecule has 1 aliphatic heterocycles. The molecule has 2 saturated carbocycles. The van der Waals surface area contributed by atoms with E-state index < -0.39 is 11.7 Å². The van der Waals surface area contributed by atoms with Crippen LogP contribution in [0, 0.1) is 23.6 Å². The van der Waals surface area contributed by atoms with Gasteiger partial charge in [-0.3, -0.25) is 9.59 Å². The molecule has 1 aromatic rings. The fourth-order valence-corrected chi connectivity index (χ4v) is 5.72. The van der Waals surface area contributed by atoms with E-state index in [2.05, 4.69) is 10.6 Å². The highest BCUT2D eigenvalue weighted by molar-refractivity contribution is 5.97. The van der Waals surface area contributed by atoms with E-state index in [9.17, 15) is 14.4 Å². The number of anilines is 1. The van der Waals surface area contributed by atoms with E-state index in [1.54, 1.807) is 18.1 Å². The van der Waals surface area contributed by atoms with Crippen molar-refractivity contribution in [2.45, 2.75) is 76.8 Å². The number of rotatable bonds is 12. The third kappa shape index (κ3) is 6.91. The molecular formula is C29H42FN3O5. The van der Waals surface area contributed by atoms with Crippen LogP contribution in [0.1, 0.15) is 63.9 Å². The number of carbonyl (C=O) groups is 3. The predicted octanol–water partition coefficient (Wildman–Crippen LogP) is 3.40. The smallest absolute Gasteiger partial charge is 0.231 e. The number of halogens is 1. The van der Waals surface area contributed by atoms with E-state index in [-0.39, 0.29) is 41.4 Å². The van der Waals surface area contributed by atoms with Gasteiger partial charge in [0.25, 0.3) is 0 Å². The molecule has 8 nitrogen and oxygen atoms in total. The van der Waals surface area contributed by atoms with Gasteiger partial charge in [0.15, 0.2) is 0 Å². The Kier molecular flexibility index (Phi) is 10.1. The maximum atomic E-state index is 15.4. The number of nitrogens with one attached hydrogen (secondary N) is 2. The van der Waals surface area contributed by atoms with Crippen molar-refractivity contribution in [2.75, 3.05) is 38.3 Å². The van der Waals surface area contributed by atoms with Crippen molar-refractivity contribution in [1.82, 2.24) is 10.6 Å². The van der Waals surface area contributed by atoms with Crippen LogP contribution in [0.5, 0.6) is 5.75 Å². The Morgan fingerprint density at radius 1 is 1.13 bits per heavy atom. The topological polar surface area (TPSA) is 97.0 Å². The zero-order valence-electron chi connectivity index (χ0n) is 22.7. The molecule has 0 bridgehead atoms. The number of piperidine rings is 1. The van der Waals surface area contributed by atoms with E-state index in [1.165, 1.54) is 6.07 Å². The Hall–Kier alpha value is -2.52. The lowest BCUT2D eigenvalue weighted by molar-refractivity contribution is -0.129. The van der Waals surface area contributed by atoms with Crippen LogP contribution in [-0.2, 0) is 25.5 Å². The van der Waals surface area contributed by atoms with Crippen LogP contribution in [0.2, 0.25) is 0 Å². The van der Waals surface area contributed by atoms with Gasteiger partial charge >= 0.3 is 0 Å². The molecule has 1 heterocycles. The zero-order chi connectivity index (χ0) is 27.1. The lowest BCUT2D eigenvalue weighted by atomic mass is 9.84. The number of methoxy groups -OCH3 is 1. The van der Waals surface area contributed by atoms with Gasteiger partial charge in [-0.2, -0.15) is 0 Å². The lowest BCUT2D eigenvalue weighted by Crippen LogP contribution is -2.52. The first-order chi connectivity index (χ1) is 18.5. The summed E-state index contributed by atoms with van der Waals surface area (Å²) in [5.41, 5.74) is 1.01. The van der Waals surface area contributed by atoms with Crippen LogP contribution < -0.4 is 20.3 Å². The van der Waals surface area contributed by atoms with Crippen LogP contribution in [0.4, 0.5) is 10.1 Å². The number of nitrogens with zero attached hydrogens (tertiary/aromatic N) is 1. The molecule has 1 aromatic carbocycles. The number of amides is 2. The molecule has 0 aromatic heterocycles. The maximum absolute atomic E-state index is 15.4. The fraction of sp³-hybridized carbons (Fsp3) is 0.690. The number of aldehydes is 1. The first-order valence-corrected chi connectivity index (χ1v) is 14.2. The number of hydrogen-bond acceptors (Lipinski definition) is 6. The van der Waals surface area contributed by atoms with Crippen LogP contribution in [0.3, 0.4) is 0 Å². The molecule has 38 heavy (non-hydrogen) atoms. The summed E-state index contributed by atoms with van der Waals surface area (Å²) in [4.78, 5) is 40.0. The normalized spacial score (nSPS) is 25.4. The van der Waals surface area contributed by atoms with Crippen molar-refractivity contribution in [1.29, 1.82) is 0 Å². The Morgan fingerprint density at radius 3 is 2.61 bits per heavy atom. The molecule has 2 aliphatic carbocycles. The minimum absolute atomic E-state index is 0.0457. The largest absolute Gasteiger partial charge is 0.493 e. The molecule has 2 amide bonds. The number of aryl methyl sites for hydroxylation is 1. The molecule has 9 heteroatoms. The first kappa shape index (κ1) is 28.5. The van der Waals surface area contributed by atoms with Gasteiger partial charge in [0.2, 0.25) is 11.8 Å². The third-order valence-electron chi connectivity index (χ3n) is 8.06. The van der Waals surface area contributed by atoms with Gasteiger partial charge in [-0.15, -0.1) is 0 Å². The molecule has 0 radical (unpaired) electrons. The summed E-state index contributed by atoms with van der Waals surface area (Å²) in [5.74, 6) is -1.07. The van der Waals surface area contributed by atoms with Crippen LogP contribution >= 0.6 is 0 Å². The molecule has 1 saturated heterocycles. The number of carbonyl (C=O) groups excluding carboxylic acids is 3. The van der Waals surface area contributed by atoms with E-state index in [1.807, 2.05) is 6.92 Å². The maximum Gasteiger partial charge on any atom is 0.231 e. The van der Waals surface area contributed by atoms with Gasteiger partial charge in [0.1, 0.15) is 17.9 Å². The van der Waals surface area contributed by atoms with Crippen molar-refractivity contribution in [2.24, 2.45) is 17.8 Å². The lowest BCUT2D eigenvalue weighted by Gasteiger charge is -2.35. The summed E-state index contributed by atoms with van der Waals surface area (Å²) < 4.78 is 26.4. The summed E-state index contributed by atoms with van der Waals surface area (Å²) >= 11 is 0. The van der Waals surface area contributed by atoms with Gasteiger partial charge in [-0.25, -0.2) is 4.39 Å². The number of hydrogen-bond donors (Lipinski definition) is 2. The number of benzene rings is 1. The van der Waals surface area contributed by atoms with E-state index in [4.69, 9.17) is 9.47 Å². The second-order valence-corrected chi connectivity index (χ2v) is 10.9. The highest BCUT2D eigenvalue weighted by Gasteiger charge is 2.41. The molecule has 3 aliphatic rings. The summed E-state index contributed by atoms with van der Waals surface area (Å²) in [6, 6.07) is 2.96. The standard InChI is InChI=1S/C29H42FN3O5/c1-3-19-14-24(30)26(15-27(19)38-12-6-11-37-2)33(23-9-10-23)29(36)22-13-21(16-31-17-22)28(35)32-25-8-5-4-7-20(25)18-34/h14-15,18,20-23,25,31H,3-13,16-17H2,1-2H3,(H,32,35)/t20-,21-,22+,25+/m0/s1. The molecule has 3 fully saturated rings. The van der Waals surface area contributed by atoms with Crippen molar-refractivity contribution in [3.8, 4) is 5.75 Å². The highest BCUT2D eigenvalue weighted by atomic mass is 19.1. The molecule has 4 rings (SSSR count). The van der Waals surface area contributed by atoms with Crippen LogP contribution in [-0.4, -0.2) is 63.6 Å². The summed E-state index contributed by atoms with van der Waals surface area (Å²) in [7, 11) is 1.64. The van der Waals surface area contributed by atoms with Crippen molar-refractivity contribution >= 4 is 23.8 Å². The number of ether oxygens (including phenoxy) is 2. The molecule has 2 N–H and O–H groups in total. The van der Waals surface area contributed by atoms with Gasteiger partial charge in [-0.05, 0) is 50.2 Å². The molecule has 0 spiro atoms. The Balaban J connectivity index is 1.47. The van der Waals surface area contributed by atoms with E-state index in [0.29, 0.717) is 51.3 Å². The molecule has 4 atom stereocenters. The second kappa shape index (κ2) is 13.5. The van der Waals surface area contributed by atoms with E-state index >= 15 is 4.39 Å². The average Bonchev–Trinajstić information content (AvgIpc) is 3.78. The predicted molar refractivity (Wildman–Crippen MR) is 143 cm³/mol. The van der Waals surface area contributed by atoms with E-state index in [0.717, 1.165) is 50.4 Å². The molecule has 210 valence electrons. The second-order valence-electron chi connectivity index (χ2n) is 10.9.